The monoisotopic (exact) mass is 323 g/mol. The molecule has 0 fully saturated rings. The van der Waals surface area contributed by atoms with Crippen molar-refractivity contribution in [3.63, 3.8) is 0 Å². The summed E-state index contributed by atoms with van der Waals surface area (Å²) >= 11 is 0. The van der Waals surface area contributed by atoms with Crippen molar-refractivity contribution in [2.45, 2.75) is 0 Å². The maximum atomic E-state index is 13.6. The van der Waals surface area contributed by atoms with Gasteiger partial charge in [-0.05, 0) is 29.4 Å². The van der Waals surface area contributed by atoms with Crippen molar-refractivity contribution in [2.75, 3.05) is 7.11 Å². The molecule has 0 radical (unpaired) electrons. The molecule has 0 amide bonds. The molecule has 0 saturated heterocycles. The van der Waals surface area contributed by atoms with Gasteiger partial charge in [-0.3, -0.25) is 4.98 Å². The van der Waals surface area contributed by atoms with Crippen LogP contribution in [0.4, 0.5) is 10.1 Å². The van der Waals surface area contributed by atoms with E-state index in [0.717, 1.165) is 6.07 Å². The third kappa shape index (κ3) is 2.73. The van der Waals surface area contributed by atoms with Crippen LogP contribution in [0.15, 0.2) is 47.8 Å². The number of rotatable bonds is 4. The minimum Gasteiger partial charge on any atom is -0.495 e. The van der Waals surface area contributed by atoms with Crippen LogP contribution in [0.5, 0.6) is 17.2 Å². The van der Waals surface area contributed by atoms with Gasteiger partial charge in [0.05, 0.1) is 18.2 Å². The topological polar surface area (TPSA) is 84.6 Å². The van der Waals surface area contributed by atoms with E-state index in [2.05, 4.69) is 10.2 Å². The third-order valence-electron chi connectivity index (χ3n) is 3.39. The molecule has 0 aliphatic carbocycles. The Morgan fingerprint density at radius 1 is 1.21 bits per heavy atom. The summed E-state index contributed by atoms with van der Waals surface area (Å²) in [6.45, 7) is 0. The number of nitrogens with zero attached hydrogens (tertiary/aromatic N) is 3. The van der Waals surface area contributed by atoms with E-state index in [0.29, 0.717) is 28.0 Å². The number of methoxy groups -OCH3 is 1. The summed E-state index contributed by atoms with van der Waals surface area (Å²) < 4.78 is 24.5. The Labute approximate surface area is 136 Å². The largest absolute Gasteiger partial charge is 0.495 e. The van der Waals surface area contributed by atoms with Crippen molar-refractivity contribution >= 4 is 16.6 Å². The molecular weight excluding hydrogens is 313 g/mol. The van der Waals surface area contributed by atoms with Gasteiger partial charge in [0.1, 0.15) is 29.0 Å². The number of benzene rings is 2. The summed E-state index contributed by atoms with van der Waals surface area (Å²) in [6.07, 6.45) is 1.53. The first-order valence-electron chi connectivity index (χ1n) is 6.84. The van der Waals surface area contributed by atoms with E-state index in [1.54, 1.807) is 18.2 Å². The highest BCUT2D eigenvalue weighted by molar-refractivity contribution is 5.88. The second kappa shape index (κ2) is 6.30. The maximum absolute atomic E-state index is 13.6. The number of hydrogen-bond acceptors (Lipinski definition) is 6. The summed E-state index contributed by atoms with van der Waals surface area (Å²) in [5, 5.41) is 12.3. The fourth-order valence-electron chi connectivity index (χ4n) is 2.25. The molecule has 2 aromatic carbocycles. The highest BCUT2D eigenvalue weighted by Gasteiger charge is 2.12. The number of aromatic nitrogens is 1. The summed E-state index contributed by atoms with van der Waals surface area (Å²) in [5.74, 6) is 0.217. The highest BCUT2D eigenvalue weighted by atomic mass is 19.1. The Hall–Kier alpha value is -3.53. The Bertz CT molecular complexity index is 983. The van der Waals surface area contributed by atoms with Crippen molar-refractivity contribution in [3.8, 4) is 23.3 Å². The van der Waals surface area contributed by atoms with Crippen molar-refractivity contribution in [1.29, 1.82) is 5.26 Å². The quantitative estimate of drug-likeness (QED) is 0.662. The molecule has 0 unspecified atom stereocenters. The Morgan fingerprint density at radius 2 is 2.04 bits per heavy atom. The van der Waals surface area contributed by atoms with Crippen molar-refractivity contribution in [1.82, 2.24) is 4.98 Å². The van der Waals surface area contributed by atoms with Crippen LogP contribution < -0.4 is 9.47 Å². The first-order valence-corrected chi connectivity index (χ1v) is 6.84. The fourth-order valence-corrected chi connectivity index (χ4v) is 2.25. The number of nitriles is 1. The van der Waals surface area contributed by atoms with Gasteiger partial charge >= 0.3 is 0 Å². The molecule has 24 heavy (non-hydrogen) atoms. The molecule has 0 aliphatic rings. The average molecular weight is 323 g/mol. The summed E-state index contributed by atoms with van der Waals surface area (Å²) in [5.41, 5.74) is 0.600. The van der Waals surface area contributed by atoms with Gasteiger partial charge in [-0.1, -0.05) is 0 Å². The van der Waals surface area contributed by atoms with Crippen LogP contribution >= 0.6 is 0 Å². The minimum absolute atomic E-state index is 0.196. The molecule has 6 nitrogen and oxygen atoms in total. The standard InChI is InChI=1S/C17H10FN3O3/c1-23-17-8-15-12(6-10(17)9-19)16(4-5-20-15)24-11-2-3-14(21-22)13(18)7-11/h2-8H,1H3. The smallest absolute Gasteiger partial charge is 0.156 e. The van der Waals surface area contributed by atoms with Crippen molar-refractivity contribution in [2.24, 2.45) is 5.18 Å². The number of nitroso groups, excluding NO2 is 1. The summed E-state index contributed by atoms with van der Waals surface area (Å²) in [6, 6.07) is 10.6. The van der Waals surface area contributed by atoms with E-state index >= 15 is 0 Å². The molecule has 0 saturated carbocycles. The van der Waals surface area contributed by atoms with E-state index in [1.165, 1.54) is 25.4 Å². The predicted molar refractivity (Wildman–Crippen MR) is 84.9 cm³/mol. The van der Waals surface area contributed by atoms with E-state index < -0.39 is 5.82 Å². The lowest BCUT2D eigenvalue weighted by Gasteiger charge is -2.10. The lowest BCUT2D eigenvalue weighted by atomic mass is 10.1. The fraction of sp³-hybridized carbons (Fsp3) is 0.0588. The van der Waals surface area contributed by atoms with Gasteiger partial charge in [0, 0.05) is 23.7 Å². The predicted octanol–water partition coefficient (Wildman–Crippen LogP) is 4.44. The van der Waals surface area contributed by atoms with Crippen LogP contribution in [0.1, 0.15) is 5.56 Å². The SMILES string of the molecule is COc1cc2nccc(Oc3ccc(N=O)c(F)c3)c2cc1C#N. The van der Waals surface area contributed by atoms with Gasteiger partial charge in [0.2, 0.25) is 0 Å². The molecule has 3 aromatic rings. The Kier molecular flexibility index (Phi) is 4.03. The zero-order chi connectivity index (χ0) is 17.1. The molecule has 0 atom stereocenters. The van der Waals surface area contributed by atoms with Gasteiger partial charge in [-0.15, -0.1) is 4.91 Å². The van der Waals surface area contributed by atoms with Crippen LogP contribution in [-0.4, -0.2) is 12.1 Å². The van der Waals surface area contributed by atoms with Crippen molar-refractivity contribution < 1.29 is 13.9 Å². The Morgan fingerprint density at radius 3 is 2.71 bits per heavy atom. The van der Waals surface area contributed by atoms with Crippen LogP contribution in [0, 0.1) is 22.1 Å². The lowest BCUT2D eigenvalue weighted by Crippen LogP contribution is -1.92. The second-order valence-corrected chi connectivity index (χ2v) is 4.80. The number of hydrogen-bond donors (Lipinski definition) is 0. The lowest BCUT2D eigenvalue weighted by molar-refractivity contribution is 0.414. The van der Waals surface area contributed by atoms with Gasteiger partial charge < -0.3 is 9.47 Å². The zero-order valence-corrected chi connectivity index (χ0v) is 12.5. The first kappa shape index (κ1) is 15.4. The van der Waals surface area contributed by atoms with Gasteiger partial charge in [-0.25, -0.2) is 4.39 Å². The van der Waals surface area contributed by atoms with Crippen molar-refractivity contribution in [3.05, 3.63) is 58.9 Å². The van der Waals surface area contributed by atoms with Gasteiger partial charge in [-0.2, -0.15) is 5.26 Å². The average Bonchev–Trinajstić information content (AvgIpc) is 2.61. The molecule has 0 bridgehead atoms. The van der Waals surface area contributed by atoms with E-state index in [1.807, 2.05) is 6.07 Å². The molecule has 0 N–H and O–H groups in total. The highest BCUT2D eigenvalue weighted by Crippen LogP contribution is 2.34. The molecule has 1 heterocycles. The number of ether oxygens (including phenoxy) is 2. The molecule has 3 rings (SSSR count). The molecule has 0 spiro atoms. The van der Waals surface area contributed by atoms with Crippen LogP contribution in [-0.2, 0) is 0 Å². The molecule has 1 aromatic heterocycles. The van der Waals surface area contributed by atoms with Gasteiger partial charge in [0.15, 0.2) is 5.82 Å². The van der Waals surface area contributed by atoms with Crippen LogP contribution in [0.2, 0.25) is 0 Å². The minimum atomic E-state index is -0.778. The molecule has 7 heteroatoms. The normalized spacial score (nSPS) is 10.2. The van der Waals surface area contributed by atoms with E-state index in [9.17, 15) is 14.6 Å². The Balaban J connectivity index is 2.08. The molecule has 118 valence electrons. The summed E-state index contributed by atoms with van der Waals surface area (Å²) in [7, 11) is 1.47. The van der Waals surface area contributed by atoms with Gasteiger partial charge in [0.25, 0.3) is 0 Å². The maximum Gasteiger partial charge on any atom is 0.156 e. The summed E-state index contributed by atoms with van der Waals surface area (Å²) in [4.78, 5) is 14.6. The zero-order valence-electron chi connectivity index (χ0n) is 12.5. The molecule has 0 aliphatic heterocycles. The van der Waals surface area contributed by atoms with Crippen LogP contribution in [0.25, 0.3) is 10.9 Å². The van der Waals surface area contributed by atoms with Crippen LogP contribution in [0.3, 0.4) is 0 Å². The second-order valence-electron chi connectivity index (χ2n) is 4.80. The molecular formula is C17H10FN3O3. The number of halogens is 1. The first-order chi connectivity index (χ1) is 11.7. The van der Waals surface area contributed by atoms with E-state index in [-0.39, 0.29) is 11.4 Å². The van der Waals surface area contributed by atoms with E-state index in [4.69, 9.17) is 9.47 Å². The number of pyridine rings is 1. The number of fused-ring (bicyclic) bond motifs is 1. The third-order valence-corrected chi connectivity index (χ3v) is 3.39.